The van der Waals surface area contributed by atoms with Crippen LogP contribution >= 0.6 is 11.6 Å². The highest BCUT2D eigenvalue weighted by Gasteiger charge is 2.14. The molecular formula is C5H11ClO2S. The first-order valence-electron chi connectivity index (χ1n) is 2.81. The lowest BCUT2D eigenvalue weighted by Crippen LogP contribution is -2.12. The molecule has 0 aliphatic rings. The van der Waals surface area contributed by atoms with Gasteiger partial charge in [0.2, 0.25) is 0 Å². The fourth-order valence-corrected chi connectivity index (χ4v) is 1.32. The molecule has 0 aliphatic carbocycles. The van der Waals surface area contributed by atoms with E-state index in [2.05, 4.69) is 0 Å². The van der Waals surface area contributed by atoms with Crippen LogP contribution in [-0.4, -0.2) is 19.4 Å². The Kier molecular flexibility index (Phi) is 3.51. The Balaban J connectivity index is 3.90. The van der Waals surface area contributed by atoms with Crippen LogP contribution in [0.5, 0.6) is 0 Å². The van der Waals surface area contributed by atoms with Gasteiger partial charge in [0.25, 0.3) is 0 Å². The van der Waals surface area contributed by atoms with Crippen LogP contribution in [0.25, 0.3) is 0 Å². The first-order valence-corrected chi connectivity index (χ1v) is 5.20. The number of hydrogen-bond donors (Lipinski definition) is 0. The maximum absolute atomic E-state index is 10.6. The summed E-state index contributed by atoms with van der Waals surface area (Å²) < 4.78 is 20.5. The minimum absolute atomic E-state index is 0.542. The topological polar surface area (TPSA) is 34.1 Å². The highest BCUT2D eigenvalue weighted by molar-refractivity contribution is 7.92. The third-order valence-electron chi connectivity index (χ3n) is 0.980. The van der Waals surface area contributed by atoms with Gasteiger partial charge in [-0.3, -0.25) is 0 Å². The second-order valence-electron chi connectivity index (χ2n) is 2.03. The van der Waals surface area contributed by atoms with Gasteiger partial charge >= 0.3 is 0 Å². The molecule has 0 bridgehead atoms. The van der Waals surface area contributed by atoms with E-state index in [4.69, 9.17) is 11.6 Å². The van der Waals surface area contributed by atoms with Crippen molar-refractivity contribution in [2.45, 2.75) is 24.5 Å². The average molecular weight is 171 g/mol. The monoisotopic (exact) mass is 170 g/mol. The van der Waals surface area contributed by atoms with E-state index < -0.39 is 14.5 Å². The first kappa shape index (κ1) is 9.24. The Labute approximate surface area is 61.1 Å². The molecule has 0 aliphatic heterocycles. The molecule has 0 aromatic heterocycles. The average Bonchev–Trinajstić information content (AvgIpc) is 1.64. The first-order chi connectivity index (χ1) is 3.98. The molecule has 0 aromatic rings. The molecule has 0 spiro atoms. The third-order valence-corrected chi connectivity index (χ3v) is 3.33. The van der Waals surface area contributed by atoms with Crippen molar-refractivity contribution >= 4 is 21.4 Å². The molecule has 56 valence electrons. The van der Waals surface area contributed by atoms with Gasteiger partial charge in [-0.25, -0.2) is 8.42 Å². The molecule has 9 heavy (non-hydrogen) atoms. The Bertz CT molecular complexity index is 162. The fraction of sp³-hybridized carbons (Fsp3) is 1.00. The largest absolute Gasteiger partial charge is 0.228 e. The summed E-state index contributed by atoms with van der Waals surface area (Å²) in [7, 11) is -3.00. The Morgan fingerprint density at radius 3 is 2.11 bits per heavy atom. The van der Waals surface area contributed by atoms with Gasteiger partial charge in [-0.15, -0.1) is 11.6 Å². The van der Waals surface area contributed by atoms with Crippen molar-refractivity contribution in [3.8, 4) is 0 Å². The summed E-state index contributed by atoms with van der Waals surface area (Å²) in [5.74, 6) is 0. The molecule has 0 amide bonds. The van der Waals surface area contributed by atoms with Crippen LogP contribution in [0.1, 0.15) is 19.8 Å². The summed E-state index contributed by atoms with van der Waals surface area (Å²) in [6.07, 6.45) is 2.50. The number of halogens is 1. The summed E-state index contributed by atoms with van der Waals surface area (Å²) in [4.78, 5) is 0. The van der Waals surface area contributed by atoms with Crippen LogP contribution in [-0.2, 0) is 9.84 Å². The zero-order chi connectivity index (χ0) is 7.49. The van der Waals surface area contributed by atoms with E-state index in [0.717, 1.165) is 12.7 Å². The zero-order valence-corrected chi connectivity index (χ0v) is 7.17. The molecule has 0 fully saturated rings. The predicted octanol–water partition coefficient (Wildman–Crippen LogP) is 1.40. The van der Waals surface area contributed by atoms with Crippen LogP contribution in [0.4, 0.5) is 0 Å². The number of sulfone groups is 1. The lowest BCUT2D eigenvalue weighted by molar-refractivity contribution is 0.594. The van der Waals surface area contributed by atoms with Crippen LogP contribution in [0.2, 0.25) is 0 Å². The smallest absolute Gasteiger partial charge is 0.164 e. The quantitative estimate of drug-likeness (QED) is 0.600. The molecular weight excluding hydrogens is 160 g/mol. The fourth-order valence-electron chi connectivity index (χ4n) is 0.441. The van der Waals surface area contributed by atoms with Crippen molar-refractivity contribution in [2.75, 3.05) is 6.26 Å². The molecule has 1 atom stereocenters. The van der Waals surface area contributed by atoms with Crippen molar-refractivity contribution in [1.82, 2.24) is 0 Å². The summed E-state index contributed by atoms with van der Waals surface area (Å²) in [6, 6.07) is 0. The van der Waals surface area contributed by atoms with Gasteiger partial charge < -0.3 is 0 Å². The van der Waals surface area contributed by atoms with E-state index in [-0.39, 0.29) is 0 Å². The Morgan fingerprint density at radius 2 is 2.00 bits per heavy atom. The molecule has 0 heterocycles. The van der Waals surface area contributed by atoms with E-state index in [9.17, 15) is 8.42 Å². The molecule has 0 radical (unpaired) electrons. The summed E-state index contributed by atoms with van der Waals surface area (Å²) in [5.41, 5.74) is 0. The molecule has 0 aromatic carbocycles. The van der Waals surface area contributed by atoms with Crippen LogP contribution in [0.15, 0.2) is 0 Å². The summed E-state index contributed by atoms with van der Waals surface area (Å²) >= 11 is 5.47. The van der Waals surface area contributed by atoms with Crippen LogP contribution < -0.4 is 0 Å². The number of hydrogen-bond acceptors (Lipinski definition) is 2. The van der Waals surface area contributed by atoms with Gasteiger partial charge in [-0.1, -0.05) is 13.3 Å². The Hall–Kier alpha value is 0.240. The van der Waals surface area contributed by atoms with E-state index in [1.807, 2.05) is 6.92 Å². The van der Waals surface area contributed by atoms with Gasteiger partial charge in [-0.2, -0.15) is 0 Å². The van der Waals surface area contributed by atoms with Gasteiger partial charge in [0.15, 0.2) is 9.84 Å². The summed E-state index contributed by atoms with van der Waals surface area (Å²) in [6.45, 7) is 1.90. The third kappa shape index (κ3) is 3.76. The number of rotatable bonds is 3. The molecule has 4 heteroatoms. The highest BCUT2D eigenvalue weighted by atomic mass is 35.5. The van der Waals surface area contributed by atoms with E-state index >= 15 is 0 Å². The van der Waals surface area contributed by atoms with E-state index in [0.29, 0.717) is 6.42 Å². The summed E-state index contributed by atoms with van der Waals surface area (Å²) in [5, 5.41) is 0. The normalized spacial score (nSPS) is 15.4. The zero-order valence-electron chi connectivity index (χ0n) is 5.59. The molecule has 1 unspecified atom stereocenters. The predicted molar refractivity (Wildman–Crippen MR) is 39.4 cm³/mol. The van der Waals surface area contributed by atoms with Gasteiger partial charge in [0.05, 0.1) is 0 Å². The minimum Gasteiger partial charge on any atom is -0.228 e. The number of alkyl halides is 1. The van der Waals surface area contributed by atoms with Crippen molar-refractivity contribution in [3.05, 3.63) is 0 Å². The second kappa shape index (κ2) is 3.42. The minimum atomic E-state index is -3.00. The lowest BCUT2D eigenvalue weighted by atomic mass is 10.4. The van der Waals surface area contributed by atoms with Crippen molar-refractivity contribution < 1.29 is 8.42 Å². The van der Waals surface area contributed by atoms with Crippen molar-refractivity contribution in [2.24, 2.45) is 0 Å². The van der Waals surface area contributed by atoms with Crippen molar-refractivity contribution in [1.29, 1.82) is 0 Å². The SMILES string of the molecule is CCCC(Cl)S(C)(=O)=O. The highest BCUT2D eigenvalue weighted by Crippen LogP contribution is 2.10. The second-order valence-corrected chi connectivity index (χ2v) is 5.04. The van der Waals surface area contributed by atoms with E-state index in [1.165, 1.54) is 0 Å². The van der Waals surface area contributed by atoms with E-state index in [1.54, 1.807) is 0 Å². The Morgan fingerprint density at radius 1 is 1.56 bits per heavy atom. The van der Waals surface area contributed by atoms with Gasteiger partial charge in [-0.05, 0) is 6.42 Å². The molecule has 0 saturated heterocycles. The van der Waals surface area contributed by atoms with Crippen LogP contribution in [0.3, 0.4) is 0 Å². The maximum atomic E-state index is 10.6. The van der Waals surface area contributed by atoms with Gasteiger partial charge in [0.1, 0.15) is 4.71 Å². The maximum Gasteiger partial charge on any atom is 0.164 e. The molecule has 0 rings (SSSR count). The van der Waals surface area contributed by atoms with Crippen molar-refractivity contribution in [3.63, 3.8) is 0 Å². The standard InChI is InChI=1S/C5H11ClO2S/c1-3-4-5(6)9(2,7)8/h5H,3-4H2,1-2H3. The van der Waals surface area contributed by atoms with Gasteiger partial charge in [0, 0.05) is 6.26 Å². The van der Waals surface area contributed by atoms with Crippen LogP contribution in [0, 0.1) is 0 Å². The lowest BCUT2D eigenvalue weighted by Gasteiger charge is -2.02. The molecule has 0 N–H and O–H groups in total. The molecule has 0 saturated carbocycles. The molecule has 2 nitrogen and oxygen atoms in total.